The Morgan fingerprint density at radius 1 is 1.00 bits per heavy atom. The molecule has 2 aliphatic carbocycles. The zero-order valence-electron chi connectivity index (χ0n) is 13.6. The van der Waals surface area contributed by atoms with Crippen molar-refractivity contribution in [3.8, 4) is 5.75 Å². The highest BCUT2D eigenvalue weighted by molar-refractivity contribution is 5.36. The summed E-state index contributed by atoms with van der Waals surface area (Å²) in [5, 5.41) is 3.44. The molecule has 1 aromatic carbocycles. The Labute approximate surface area is 129 Å². The van der Waals surface area contributed by atoms with Crippen molar-refractivity contribution in [3.63, 3.8) is 0 Å². The molecule has 3 rings (SSSR count). The molecule has 0 heterocycles. The molecule has 21 heavy (non-hydrogen) atoms. The van der Waals surface area contributed by atoms with Crippen LogP contribution in [0.5, 0.6) is 5.75 Å². The van der Waals surface area contributed by atoms with Gasteiger partial charge >= 0.3 is 0 Å². The average molecular weight is 287 g/mol. The van der Waals surface area contributed by atoms with Crippen molar-refractivity contribution in [1.82, 2.24) is 5.32 Å². The molecule has 2 saturated carbocycles. The number of hydrogen-bond donors (Lipinski definition) is 1. The van der Waals surface area contributed by atoms with Crippen molar-refractivity contribution in [2.75, 3.05) is 20.7 Å². The zero-order chi connectivity index (χ0) is 14.8. The van der Waals surface area contributed by atoms with E-state index in [2.05, 4.69) is 36.6 Å². The lowest BCUT2D eigenvalue weighted by molar-refractivity contribution is 0.00719. The fraction of sp³-hybridized carbons (Fsp3) is 0.684. The van der Waals surface area contributed by atoms with Crippen molar-refractivity contribution >= 4 is 0 Å². The van der Waals surface area contributed by atoms with Gasteiger partial charge in [0, 0.05) is 12.0 Å². The van der Waals surface area contributed by atoms with E-state index in [-0.39, 0.29) is 0 Å². The van der Waals surface area contributed by atoms with Gasteiger partial charge in [-0.2, -0.15) is 0 Å². The highest BCUT2D eigenvalue weighted by Crippen LogP contribution is 2.61. The summed E-state index contributed by atoms with van der Waals surface area (Å²) in [6, 6.07) is 8.79. The van der Waals surface area contributed by atoms with Crippen molar-refractivity contribution < 1.29 is 4.74 Å². The lowest BCUT2D eigenvalue weighted by Crippen LogP contribution is -2.54. The molecule has 0 bridgehead atoms. The third kappa shape index (κ3) is 2.83. The second-order valence-electron chi connectivity index (χ2n) is 7.31. The topological polar surface area (TPSA) is 21.3 Å². The van der Waals surface area contributed by atoms with E-state index in [0.29, 0.717) is 10.8 Å². The number of methoxy groups -OCH3 is 1. The summed E-state index contributed by atoms with van der Waals surface area (Å²) < 4.78 is 5.30. The van der Waals surface area contributed by atoms with E-state index in [9.17, 15) is 0 Å². The van der Waals surface area contributed by atoms with E-state index < -0.39 is 0 Å². The minimum Gasteiger partial charge on any atom is -0.497 e. The largest absolute Gasteiger partial charge is 0.497 e. The molecule has 2 aliphatic rings. The lowest BCUT2D eigenvalue weighted by atomic mass is 9.48. The lowest BCUT2D eigenvalue weighted by Gasteiger charge is -2.57. The Morgan fingerprint density at radius 2 is 1.62 bits per heavy atom. The van der Waals surface area contributed by atoms with Gasteiger partial charge in [-0.25, -0.2) is 0 Å². The third-order valence-electron chi connectivity index (χ3n) is 5.81. The first kappa shape index (κ1) is 14.9. The average Bonchev–Trinajstić information content (AvgIpc) is 2.73. The predicted molar refractivity (Wildman–Crippen MR) is 88.0 cm³/mol. The molecule has 2 heteroatoms. The summed E-state index contributed by atoms with van der Waals surface area (Å²) in [7, 11) is 3.83. The summed E-state index contributed by atoms with van der Waals surface area (Å²) in [6.45, 7) is 1.10. The van der Waals surface area contributed by atoms with E-state index in [1.54, 1.807) is 7.11 Å². The van der Waals surface area contributed by atoms with Crippen LogP contribution in [0.2, 0.25) is 0 Å². The number of nitrogens with one attached hydrogen (secondary N) is 1. The van der Waals surface area contributed by atoms with Crippen LogP contribution in [-0.2, 0) is 5.41 Å². The Morgan fingerprint density at radius 3 is 2.14 bits per heavy atom. The summed E-state index contributed by atoms with van der Waals surface area (Å²) in [5.41, 5.74) is 2.49. The van der Waals surface area contributed by atoms with Crippen LogP contribution in [0.1, 0.15) is 56.9 Å². The normalized spacial score (nSPS) is 23.3. The number of hydrogen-bond acceptors (Lipinski definition) is 2. The molecule has 2 nitrogen and oxygen atoms in total. The molecule has 2 fully saturated rings. The minimum atomic E-state index is 0.353. The van der Waals surface area contributed by atoms with Crippen LogP contribution in [0.3, 0.4) is 0 Å². The number of rotatable bonds is 4. The fourth-order valence-corrected chi connectivity index (χ4v) is 4.93. The Kier molecular flexibility index (Phi) is 4.26. The van der Waals surface area contributed by atoms with Gasteiger partial charge in [-0.3, -0.25) is 0 Å². The van der Waals surface area contributed by atoms with Crippen molar-refractivity contribution in [3.05, 3.63) is 29.8 Å². The second-order valence-corrected chi connectivity index (χ2v) is 7.31. The maximum absolute atomic E-state index is 5.30. The smallest absolute Gasteiger partial charge is 0.118 e. The molecule has 0 atom stereocenters. The Bertz CT molecular complexity index is 449. The van der Waals surface area contributed by atoms with Gasteiger partial charge in [-0.05, 0) is 55.8 Å². The van der Waals surface area contributed by atoms with Gasteiger partial charge in [0.25, 0.3) is 0 Å². The number of likely N-dealkylation sites (N-methyl/N-ethyl adjacent to an activating group) is 1. The Hall–Kier alpha value is -1.02. The molecule has 0 aromatic heterocycles. The van der Waals surface area contributed by atoms with E-state index in [1.807, 2.05) is 0 Å². The first-order valence-corrected chi connectivity index (χ1v) is 8.51. The van der Waals surface area contributed by atoms with Crippen molar-refractivity contribution in [2.24, 2.45) is 5.41 Å². The van der Waals surface area contributed by atoms with E-state index in [4.69, 9.17) is 4.74 Å². The van der Waals surface area contributed by atoms with Crippen LogP contribution in [0, 0.1) is 5.41 Å². The van der Waals surface area contributed by atoms with Gasteiger partial charge in [0.15, 0.2) is 0 Å². The molecule has 0 radical (unpaired) electrons. The van der Waals surface area contributed by atoms with Crippen molar-refractivity contribution in [1.29, 1.82) is 0 Å². The number of benzene rings is 1. The second kappa shape index (κ2) is 6.00. The van der Waals surface area contributed by atoms with Gasteiger partial charge in [-0.15, -0.1) is 0 Å². The highest BCUT2D eigenvalue weighted by Gasteiger charge is 2.54. The Balaban J connectivity index is 1.78. The summed E-state index contributed by atoms with van der Waals surface area (Å²) >= 11 is 0. The molecule has 0 unspecified atom stereocenters. The molecular formula is C19H29NO. The van der Waals surface area contributed by atoms with E-state index in [0.717, 1.165) is 12.3 Å². The van der Waals surface area contributed by atoms with Gasteiger partial charge in [0.1, 0.15) is 5.75 Å². The molecule has 116 valence electrons. The summed E-state index contributed by atoms with van der Waals surface area (Å²) in [6.07, 6.45) is 11.4. The predicted octanol–water partition coefficient (Wildman–Crippen LogP) is 4.29. The van der Waals surface area contributed by atoms with Crippen LogP contribution in [0.15, 0.2) is 24.3 Å². The maximum atomic E-state index is 5.30. The fourth-order valence-electron chi connectivity index (χ4n) is 4.93. The molecule has 1 N–H and O–H groups in total. The zero-order valence-corrected chi connectivity index (χ0v) is 13.6. The quantitative estimate of drug-likeness (QED) is 0.892. The highest BCUT2D eigenvalue weighted by atomic mass is 16.5. The standard InChI is InChI=1S/C19H29NO/c1-20-15-19(16-7-9-17(21-2)10-8-16)13-18(14-19)11-5-3-4-6-12-18/h7-10,20H,3-6,11-15H2,1-2H3. The van der Waals surface area contributed by atoms with Crippen molar-refractivity contribution in [2.45, 2.75) is 56.8 Å². The van der Waals surface area contributed by atoms with Crippen LogP contribution in [0.4, 0.5) is 0 Å². The monoisotopic (exact) mass is 287 g/mol. The van der Waals surface area contributed by atoms with Crippen LogP contribution >= 0.6 is 0 Å². The first-order valence-electron chi connectivity index (χ1n) is 8.51. The van der Waals surface area contributed by atoms with Crippen LogP contribution in [-0.4, -0.2) is 20.7 Å². The number of ether oxygens (including phenoxy) is 1. The van der Waals surface area contributed by atoms with Gasteiger partial charge in [-0.1, -0.05) is 37.8 Å². The molecule has 0 amide bonds. The minimum absolute atomic E-state index is 0.353. The SMILES string of the molecule is CNCC1(c2ccc(OC)cc2)CC2(CCCCCC2)C1. The van der Waals surface area contributed by atoms with Crippen LogP contribution < -0.4 is 10.1 Å². The van der Waals surface area contributed by atoms with Gasteiger partial charge < -0.3 is 10.1 Å². The summed E-state index contributed by atoms with van der Waals surface area (Å²) in [4.78, 5) is 0. The van der Waals surface area contributed by atoms with Crippen LogP contribution in [0.25, 0.3) is 0 Å². The first-order chi connectivity index (χ1) is 10.2. The van der Waals surface area contributed by atoms with Gasteiger partial charge in [0.05, 0.1) is 7.11 Å². The van der Waals surface area contributed by atoms with E-state index >= 15 is 0 Å². The molecule has 1 spiro atoms. The molecule has 0 saturated heterocycles. The maximum Gasteiger partial charge on any atom is 0.118 e. The molecule has 0 aliphatic heterocycles. The molecular weight excluding hydrogens is 258 g/mol. The third-order valence-corrected chi connectivity index (χ3v) is 5.81. The molecule has 1 aromatic rings. The van der Waals surface area contributed by atoms with Gasteiger partial charge in [0.2, 0.25) is 0 Å². The van der Waals surface area contributed by atoms with E-state index in [1.165, 1.54) is 56.9 Å². The summed E-state index contributed by atoms with van der Waals surface area (Å²) in [5.74, 6) is 0.960.